The number of alkyl halides is 1. The molecule has 0 aliphatic rings. The Balaban J connectivity index is 3.96. The maximum absolute atomic E-state index is 11.0. The van der Waals surface area contributed by atoms with Crippen LogP contribution in [0.3, 0.4) is 0 Å². The van der Waals surface area contributed by atoms with Crippen LogP contribution in [0.4, 0.5) is 0 Å². The fraction of sp³-hybridized carbons (Fsp3) is 0.889. The number of halogens is 1. The molecular weight excluding hydrogens is 284 g/mol. The lowest BCUT2D eigenvalue weighted by Crippen LogP contribution is -2.25. The molecule has 3 atom stereocenters. The molecule has 0 aromatic heterocycles. The average Bonchev–Trinajstić information content (AvgIpc) is 2.12. The first kappa shape index (κ1) is 15.1. The van der Waals surface area contributed by atoms with Gasteiger partial charge in [-0.1, -0.05) is 29.3 Å². The molecule has 2 N–H and O–H groups in total. The Hall–Kier alpha value is 0.0600. The van der Waals surface area contributed by atoms with Gasteiger partial charge in [-0.15, -0.1) is 0 Å². The molecule has 0 aromatic carbocycles. The second-order valence-corrected chi connectivity index (χ2v) is 5.74. The Bertz CT molecular complexity index is 222. The molecule has 0 saturated heterocycles. The zero-order valence-electron chi connectivity index (χ0n) is 8.69. The van der Waals surface area contributed by atoms with Crippen LogP contribution in [-0.4, -0.2) is 29.9 Å². The van der Waals surface area contributed by atoms with Crippen molar-refractivity contribution in [1.82, 2.24) is 0 Å². The molecule has 4 nitrogen and oxygen atoms in total. The minimum Gasteiger partial charge on any atom is -0.481 e. The van der Waals surface area contributed by atoms with E-state index in [9.17, 15) is 9.00 Å². The lowest BCUT2D eigenvalue weighted by molar-refractivity contribution is -0.137. The predicted molar refractivity (Wildman–Crippen MR) is 63.7 cm³/mol. The predicted octanol–water partition coefficient (Wildman–Crippen LogP) is 2.40. The van der Waals surface area contributed by atoms with E-state index in [0.29, 0.717) is 19.3 Å². The fourth-order valence-electron chi connectivity index (χ4n) is 1.33. The van der Waals surface area contributed by atoms with Crippen LogP contribution >= 0.6 is 15.9 Å². The summed E-state index contributed by atoms with van der Waals surface area (Å²) in [5.74, 6) is -0.827. The monoisotopic (exact) mass is 300 g/mol. The van der Waals surface area contributed by atoms with Crippen LogP contribution in [-0.2, 0) is 15.9 Å². The van der Waals surface area contributed by atoms with E-state index in [1.54, 1.807) is 0 Å². The summed E-state index contributed by atoms with van der Waals surface area (Å²) in [6, 6.07) is 0. The summed E-state index contributed by atoms with van der Waals surface area (Å²) in [5.41, 5.74) is 0. The zero-order chi connectivity index (χ0) is 11.8. The molecule has 0 fully saturated rings. The van der Waals surface area contributed by atoms with Gasteiger partial charge in [0.1, 0.15) is 0 Å². The van der Waals surface area contributed by atoms with Crippen LogP contribution in [0.5, 0.6) is 0 Å². The third-order valence-electron chi connectivity index (χ3n) is 2.11. The molecule has 0 amide bonds. The Labute approximate surface area is 101 Å². The molecule has 0 aliphatic carbocycles. The quantitative estimate of drug-likeness (QED) is 0.533. The van der Waals surface area contributed by atoms with Crippen LogP contribution < -0.4 is 0 Å². The van der Waals surface area contributed by atoms with Crippen molar-refractivity contribution in [2.45, 2.75) is 49.1 Å². The van der Waals surface area contributed by atoms with Crippen molar-refractivity contribution in [3.63, 3.8) is 0 Å². The highest BCUT2D eigenvalue weighted by molar-refractivity contribution is 9.09. The highest BCUT2D eigenvalue weighted by Crippen LogP contribution is 2.21. The summed E-state index contributed by atoms with van der Waals surface area (Å²) in [4.78, 5) is 10.2. The van der Waals surface area contributed by atoms with Crippen molar-refractivity contribution in [2.75, 3.05) is 0 Å². The maximum atomic E-state index is 11.0. The SMILES string of the molecule is CCCC(C(Br)CCCC(=O)O)S(=O)O. The van der Waals surface area contributed by atoms with E-state index < -0.39 is 17.0 Å². The first-order valence-electron chi connectivity index (χ1n) is 4.94. The van der Waals surface area contributed by atoms with Crippen molar-refractivity contribution >= 4 is 33.0 Å². The molecule has 90 valence electrons. The third kappa shape index (κ3) is 7.03. The largest absolute Gasteiger partial charge is 0.481 e. The average molecular weight is 301 g/mol. The highest BCUT2D eigenvalue weighted by atomic mass is 79.9. The van der Waals surface area contributed by atoms with Gasteiger partial charge in [0, 0.05) is 11.2 Å². The molecule has 0 rings (SSSR count). The van der Waals surface area contributed by atoms with E-state index in [4.69, 9.17) is 9.66 Å². The van der Waals surface area contributed by atoms with Crippen LogP contribution in [0.1, 0.15) is 39.0 Å². The maximum Gasteiger partial charge on any atom is 0.303 e. The highest BCUT2D eigenvalue weighted by Gasteiger charge is 2.23. The number of carboxylic acids is 1. The summed E-state index contributed by atoms with van der Waals surface area (Å²) in [5, 5.41) is 8.15. The minimum absolute atomic E-state index is 0.0809. The Kier molecular flexibility index (Phi) is 8.27. The van der Waals surface area contributed by atoms with Crippen LogP contribution in [0.15, 0.2) is 0 Å². The molecule has 0 saturated carbocycles. The summed E-state index contributed by atoms with van der Waals surface area (Å²) in [6.07, 6.45) is 2.77. The van der Waals surface area contributed by atoms with Gasteiger partial charge in [-0.05, 0) is 19.3 Å². The molecule has 0 heterocycles. The first-order chi connectivity index (χ1) is 6.99. The Morgan fingerprint density at radius 3 is 2.47 bits per heavy atom. The molecular formula is C9H17BrO4S. The second kappa shape index (κ2) is 8.24. The third-order valence-corrected chi connectivity index (χ3v) is 4.63. The van der Waals surface area contributed by atoms with Gasteiger partial charge in [-0.3, -0.25) is 4.79 Å². The van der Waals surface area contributed by atoms with Crippen LogP contribution in [0.25, 0.3) is 0 Å². The lowest BCUT2D eigenvalue weighted by atomic mass is 10.1. The van der Waals surface area contributed by atoms with Gasteiger partial charge in [0.15, 0.2) is 11.1 Å². The van der Waals surface area contributed by atoms with Gasteiger partial charge in [0.2, 0.25) is 0 Å². The summed E-state index contributed by atoms with van der Waals surface area (Å²) >= 11 is 1.51. The second-order valence-electron chi connectivity index (χ2n) is 3.41. The van der Waals surface area contributed by atoms with Crippen molar-refractivity contribution in [1.29, 1.82) is 0 Å². The molecule has 0 bridgehead atoms. The minimum atomic E-state index is -1.84. The Morgan fingerprint density at radius 2 is 2.07 bits per heavy atom. The fourth-order valence-corrected chi connectivity index (χ4v) is 3.29. The van der Waals surface area contributed by atoms with Crippen LogP contribution in [0, 0.1) is 0 Å². The number of carboxylic acid groups (broad SMARTS) is 1. The summed E-state index contributed by atoms with van der Waals surface area (Å²) in [7, 11) is 0. The summed E-state index contributed by atoms with van der Waals surface area (Å²) < 4.78 is 20.0. The van der Waals surface area contributed by atoms with E-state index >= 15 is 0 Å². The van der Waals surface area contributed by atoms with Gasteiger partial charge in [0.25, 0.3) is 0 Å². The number of carbonyl (C=O) groups is 1. The van der Waals surface area contributed by atoms with E-state index in [2.05, 4.69) is 15.9 Å². The topological polar surface area (TPSA) is 74.6 Å². The van der Waals surface area contributed by atoms with Crippen molar-refractivity contribution in [3.05, 3.63) is 0 Å². The standard InChI is InChI=1S/C9H17BrO4S/c1-2-4-8(15(13)14)7(10)5-3-6-9(11)12/h7-8H,2-6H2,1H3,(H,11,12)(H,13,14). The van der Waals surface area contributed by atoms with Gasteiger partial charge >= 0.3 is 5.97 Å². The molecule has 0 aromatic rings. The molecule has 6 heteroatoms. The molecule has 15 heavy (non-hydrogen) atoms. The van der Waals surface area contributed by atoms with E-state index in [1.807, 2.05) is 6.92 Å². The molecule has 3 unspecified atom stereocenters. The number of hydrogen-bond donors (Lipinski definition) is 2. The molecule has 0 aliphatic heterocycles. The van der Waals surface area contributed by atoms with E-state index in [0.717, 1.165) is 6.42 Å². The van der Waals surface area contributed by atoms with E-state index in [-0.39, 0.29) is 16.5 Å². The lowest BCUT2D eigenvalue weighted by Gasteiger charge is -2.18. The van der Waals surface area contributed by atoms with Crippen molar-refractivity contribution in [3.8, 4) is 0 Å². The van der Waals surface area contributed by atoms with Crippen molar-refractivity contribution in [2.24, 2.45) is 0 Å². The van der Waals surface area contributed by atoms with Gasteiger partial charge < -0.3 is 9.66 Å². The van der Waals surface area contributed by atoms with Gasteiger partial charge in [-0.2, -0.15) is 0 Å². The van der Waals surface area contributed by atoms with Gasteiger partial charge in [-0.25, -0.2) is 4.21 Å². The van der Waals surface area contributed by atoms with Crippen molar-refractivity contribution < 1.29 is 18.7 Å². The summed E-state index contributed by atoms with van der Waals surface area (Å²) in [6.45, 7) is 1.96. The smallest absolute Gasteiger partial charge is 0.303 e. The molecule has 0 spiro atoms. The van der Waals surface area contributed by atoms with Crippen LogP contribution in [0.2, 0.25) is 0 Å². The normalized spacial score (nSPS) is 17.0. The Morgan fingerprint density at radius 1 is 1.47 bits per heavy atom. The van der Waals surface area contributed by atoms with E-state index in [1.165, 1.54) is 0 Å². The van der Waals surface area contributed by atoms with Gasteiger partial charge in [0.05, 0.1) is 5.25 Å². The molecule has 0 radical (unpaired) electrons. The number of hydrogen-bond acceptors (Lipinski definition) is 2. The zero-order valence-corrected chi connectivity index (χ0v) is 11.1. The number of rotatable bonds is 8. The first-order valence-corrected chi connectivity index (χ1v) is 7.03. The number of aliphatic carboxylic acids is 1.